The molecule has 0 unspecified atom stereocenters. The smallest absolute Gasteiger partial charge is 0.238 e. The van der Waals surface area contributed by atoms with E-state index in [0.29, 0.717) is 13.1 Å². The molecule has 0 aromatic heterocycles. The number of amides is 1. The van der Waals surface area contributed by atoms with Gasteiger partial charge in [-0.3, -0.25) is 9.69 Å². The van der Waals surface area contributed by atoms with Crippen molar-refractivity contribution < 1.29 is 14.3 Å². The fourth-order valence-electron chi connectivity index (χ4n) is 3.12. The molecule has 2 aromatic carbocycles. The van der Waals surface area contributed by atoms with E-state index >= 15 is 0 Å². The van der Waals surface area contributed by atoms with Crippen LogP contribution in [0.2, 0.25) is 0 Å². The predicted octanol–water partition coefficient (Wildman–Crippen LogP) is 2.60. The minimum Gasteiger partial charge on any atom is -0.497 e. The fourth-order valence-corrected chi connectivity index (χ4v) is 3.12. The van der Waals surface area contributed by atoms with Crippen molar-refractivity contribution in [2.45, 2.75) is 6.54 Å². The van der Waals surface area contributed by atoms with Crippen LogP contribution in [0, 0.1) is 0 Å². The largest absolute Gasteiger partial charge is 0.497 e. The molecule has 0 atom stereocenters. The number of benzene rings is 2. The van der Waals surface area contributed by atoms with Gasteiger partial charge in [-0.15, -0.1) is 0 Å². The molecule has 1 aliphatic heterocycles. The molecule has 6 nitrogen and oxygen atoms in total. The van der Waals surface area contributed by atoms with Crippen LogP contribution in [0.4, 0.5) is 11.4 Å². The van der Waals surface area contributed by atoms with Crippen molar-refractivity contribution in [2.75, 3.05) is 57.2 Å². The zero-order valence-corrected chi connectivity index (χ0v) is 16.0. The Kier molecular flexibility index (Phi) is 6.68. The first-order valence-corrected chi connectivity index (χ1v) is 9.18. The number of nitrogens with zero attached hydrogens (tertiary/aromatic N) is 2. The van der Waals surface area contributed by atoms with Crippen molar-refractivity contribution >= 4 is 17.3 Å². The number of nitrogens with one attached hydrogen (secondary N) is 1. The lowest BCUT2D eigenvalue weighted by molar-refractivity contribution is -0.117. The molecule has 27 heavy (non-hydrogen) atoms. The van der Waals surface area contributed by atoms with Crippen LogP contribution in [0.1, 0.15) is 5.56 Å². The first kappa shape index (κ1) is 19.2. The van der Waals surface area contributed by atoms with Crippen LogP contribution in [-0.2, 0) is 16.1 Å². The van der Waals surface area contributed by atoms with Gasteiger partial charge in [-0.2, -0.15) is 0 Å². The number of morpholine rings is 1. The van der Waals surface area contributed by atoms with Gasteiger partial charge < -0.3 is 19.7 Å². The number of methoxy groups -OCH3 is 1. The van der Waals surface area contributed by atoms with Crippen LogP contribution in [0.3, 0.4) is 0 Å². The van der Waals surface area contributed by atoms with Gasteiger partial charge in [0.05, 0.1) is 26.9 Å². The molecule has 1 N–H and O–H groups in total. The second-order valence-electron chi connectivity index (χ2n) is 6.71. The second-order valence-corrected chi connectivity index (χ2v) is 6.71. The number of hydrogen-bond donors (Lipinski definition) is 1. The van der Waals surface area contributed by atoms with Gasteiger partial charge in [0.15, 0.2) is 0 Å². The van der Waals surface area contributed by atoms with E-state index in [0.717, 1.165) is 49.0 Å². The minimum absolute atomic E-state index is 0.0230. The summed E-state index contributed by atoms with van der Waals surface area (Å²) in [5.74, 6) is 0.810. The Morgan fingerprint density at radius 1 is 1.11 bits per heavy atom. The molecule has 1 heterocycles. The third kappa shape index (κ3) is 5.70. The van der Waals surface area contributed by atoms with Gasteiger partial charge in [0.1, 0.15) is 5.75 Å². The summed E-state index contributed by atoms with van der Waals surface area (Å²) in [7, 11) is 3.59. The van der Waals surface area contributed by atoms with Crippen LogP contribution in [0.15, 0.2) is 48.5 Å². The fraction of sp³-hybridized carbons (Fsp3) is 0.381. The topological polar surface area (TPSA) is 54.0 Å². The first-order chi connectivity index (χ1) is 13.1. The molecule has 3 rings (SSSR count). The third-order valence-electron chi connectivity index (χ3n) is 4.55. The van der Waals surface area contributed by atoms with E-state index in [-0.39, 0.29) is 5.91 Å². The van der Waals surface area contributed by atoms with Crippen molar-refractivity contribution in [1.82, 2.24) is 4.90 Å². The maximum atomic E-state index is 12.3. The average molecular weight is 369 g/mol. The number of ether oxygens (including phenoxy) is 2. The molecule has 2 aromatic rings. The highest BCUT2D eigenvalue weighted by atomic mass is 16.5. The van der Waals surface area contributed by atoms with Crippen LogP contribution in [-0.4, -0.2) is 57.8 Å². The van der Waals surface area contributed by atoms with Crippen molar-refractivity contribution in [1.29, 1.82) is 0 Å². The molecule has 1 saturated heterocycles. The highest BCUT2D eigenvalue weighted by Crippen LogP contribution is 2.19. The molecule has 0 bridgehead atoms. The Balaban J connectivity index is 1.47. The summed E-state index contributed by atoms with van der Waals surface area (Å²) in [6.07, 6.45) is 0. The number of anilines is 2. The van der Waals surface area contributed by atoms with Crippen molar-refractivity contribution in [3.05, 3.63) is 54.1 Å². The van der Waals surface area contributed by atoms with E-state index in [1.807, 2.05) is 60.5 Å². The lowest BCUT2D eigenvalue weighted by Gasteiger charge is -2.28. The number of carbonyl (C=O) groups is 1. The van der Waals surface area contributed by atoms with Crippen LogP contribution in [0.5, 0.6) is 5.75 Å². The molecule has 1 fully saturated rings. The molecule has 0 saturated carbocycles. The normalized spacial score (nSPS) is 14.3. The first-order valence-electron chi connectivity index (χ1n) is 9.18. The molecule has 6 heteroatoms. The lowest BCUT2D eigenvalue weighted by atomic mass is 10.2. The molecule has 0 radical (unpaired) electrons. The van der Waals surface area contributed by atoms with Gasteiger partial charge in [0.25, 0.3) is 0 Å². The number of likely N-dealkylation sites (N-methyl/N-ethyl adjacent to an activating group) is 1. The second kappa shape index (κ2) is 9.39. The molecule has 0 spiro atoms. The van der Waals surface area contributed by atoms with Crippen LogP contribution >= 0.6 is 0 Å². The zero-order chi connectivity index (χ0) is 19.1. The number of rotatable bonds is 7. The van der Waals surface area contributed by atoms with E-state index in [4.69, 9.17) is 9.47 Å². The Morgan fingerprint density at radius 3 is 2.41 bits per heavy atom. The number of carbonyl (C=O) groups excluding carboxylic acids is 1. The molecule has 1 amide bonds. The summed E-state index contributed by atoms with van der Waals surface area (Å²) < 4.78 is 10.5. The average Bonchev–Trinajstić information content (AvgIpc) is 2.69. The van der Waals surface area contributed by atoms with E-state index in [1.54, 1.807) is 7.11 Å². The summed E-state index contributed by atoms with van der Waals surface area (Å²) in [6.45, 7) is 4.37. The third-order valence-corrected chi connectivity index (χ3v) is 4.55. The summed E-state index contributed by atoms with van der Waals surface area (Å²) >= 11 is 0. The Morgan fingerprint density at radius 2 is 1.78 bits per heavy atom. The maximum Gasteiger partial charge on any atom is 0.238 e. The highest BCUT2D eigenvalue weighted by Gasteiger charge is 2.12. The Hall–Kier alpha value is -2.57. The zero-order valence-electron chi connectivity index (χ0n) is 16.0. The molecule has 1 aliphatic rings. The van der Waals surface area contributed by atoms with Gasteiger partial charge in [-0.1, -0.05) is 12.1 Å². The standard InChI is InChI=1S/C21H27N3O3/c1-23(15-17-3-9-20(26-2)10-4-17)16-21(25)22-18-5-7-19(8-6-18)24-11-13-27-14-12-24/h3-10H,11-16H2,1-2H3,(H,22,25). The predicted molar refractivity (Wildman–Crippen MR) is 107 cm³/mol. The van der Waals surface area contributed by atoms with Crippen molar-refractivity contribution in [3.63, 3.8) is 0 Å². The molecular weight excluding hydrogens is 342 g/mol. The SMILES string of the molecule is COc1ccc(CN(C)CC(=O)Nc2ccc(N3CCOCC3)cc2)cc1. The highest BCUT2D eigenvalue weighted by molar-refractivity contribution is 5.92. The van der Waals surface area contributed by atoms with E-state index < -0.39 is 0 Å². The van der Waals surface area contributed by atoms with E-state index in [1.165, 1.54) is 0 Å². The number of hydrogen-bond acceptors (Lipinski definition) is 5. The van der Waals surface area contributed by atoms with Crippen LogP contribution < -0.4 is 15.0 Å². The monoisotopic (exact) mass is 369 g/mol. The van der Waals surface area contributed by atoms with Gasteiger partial charge in [-0.05, 0) is 49.0 Å². The van der Waals surface area contributed by atoms with E-state index in [2.05, 4.69) is 10.2 Å². The summed E-state index contributed by atoms with van der Waals surface area (Å²) in [5.41, 5.74) is 3.11. The lowest BCUT2D eigenvalue weighted by Crippen LogP contribution is -2.36. The molecule has 0 aliphatic carbocycles. The van der Waals surface area contributed by atoms with Crippen molar-refractivity contribution in [2.24, 2.45) is 0 Å². The van der Waals surface area contributed by atoms with E-state index in [9.17, 15) is 4.79 Å². The van der Waals surface area contributed by atoms with Crippen molar-refractivity contribution in [3.8, 4) is 5.75 Å². The summed E-state index contributed by atoms with van der Waals surface area (Å²) in [4.78, 5) is 16.6. The Labute approximate surface area is 160 Å². The van der Waals surface area contributed by atoms with Gasteiger partial charge >= 0.3 is 0 Å². The van der Waals surface area contributed by atoms with Gasteiger partial charge in [0.2, 0.25) is 5.91 Å². The van der Waals surface area contributed by atoms with Gasteiger partial charge in [-0.25, -0.2) is 0 Å². The summed E-state index contributed by atoms with van der Waals surface area (Å²) in [5, 5.41) is 2.96. The Bertz CT molecular complexity index is 725. The molecule has 144 valence electrons. The maximum absolute atomic E-state index is 12.3. The van der Waals surface area contributed by atoms with Gasteiger partial charge in [0, 0.05) is 31.0 Å². The summed E-state index contributed by atoms with van der Waals surface area (Å²) in [6, 6.07) is 15.9. The molecular formula is C21H27N3O3. The van der Waals surface area contributed by atoms with Crippen LogP contribution in [0.25, 0.3) is 0 Å². The minimum atomic E-state index is -0.0230. The quantitative estimate of drug-likeness (QED) is 0.813.